The van der Waals surface area contributed by atoms with Crippen LogP contribution in [-0.4, -0.2) is 53.9 Å². The van der Waals surface area contributed by atoms with Crippen LogP contribution in [-0.2, 0) is 11.8 Å². The molecule has 3 aromatic rings. The Labute approximate surface area is 206 Å². The second kappa shape index (κ2) is 10.4. The highest BCUT2D eigenvalue weighted by atomic mass is 19.1. The van der Waals surface area contributed by atoms with Gasteiger partial charge in [-0.25, -0.2) is 4.39 Å². The van der Waals surface area contributed by atoms with E-state index in [0.717, 1.165) is 44.0 Å². The molecule has 1 aliphatic rings. The van der Waals surface area contributed by atoms with Gasteiger partial charge in [-0.3, -0.25) is 14.5 Å². The molecule has 0 saturated carbocycles. The lowest BCUT2D eigenvalue weighted by Crippen LogP contribution is -2.47. The van der Waals surface area contributed by atoms with Crippen molar-refractivity contribution in [2.45, 2.75) is 20.8 Å². The minimum absolute atomic E-state index is 0.259. The molecule has 35 heavy (non-hydrogen) atoms. The molecule has 1 saturated heterocycles. The maximum Gasteiger partial charge on any atom is 0.298 e. The molecule has 4 rings (SSSR count). The van der Waals surface area contributed by atoms with Crippen LogP contribution in [0.15, 0.2) is 54.6 Å². The Morgan fingerprint density at radius 3 is 2.31 bits per heavy atom. The molecule has 0 bridgehead atoms. The van der Waals surface area contributed by atoms with Crippen LogP contribution in [0.3, 0.4) is 0 Å². The van der Waals surface area contributed by atoms with E-state index in [1.807, 2.05) is 48.2 Å². The van der Waals surface area contributed by atoms with Gasteiger partial charge < -0.3 is 14.8 Å². The van der Waals surface area contributed by atoms with Crippen LogP contribution >= 0.6 is 0 Å². The first-order chi connectivity index (χ1) is 16.7. The Kier molecular flexibility index (Phi) is 7.36. The van der Waals surface area contributed by atoms with Gasteiger partial charge in [-0.05, 0) is 42.7 Å². The van der Waals surface area contributed by atoms with Gasteiger partial charge in [-0.15, -0.1) is 0 Å². The minimum Gasteiger partial charge on any atom is -0.367 e. The van der Waals surface area contributed by atoms with Gasteiger partial charge in [-0.2, -0.15) is 0 Å². The first-order valence-corrected chi connectivity index (χ1v) is 12.1. The molecule has 0 unspecified atom stereocenters. The molecule has 1 aliphatic heterocycles. The number of aryl methyl sites for hydroxylation is 1. The Morgan fingerprint density at radius 1 is 1.00 bits per heavy atom. The summed E-state index contributed by atoms with van der Waals surface area (Å²) in [5.41, 5.74) is 3.50. The summed E-state index contributed by atoms with van der Waals surface area (Å²) < 4.78 is 16.7. The highest BCUT2D eigenvalue weighted by molar-refractivity contribution is 6.47. The lowest BCUT2D eigenvalue weighted by molar-refractivity contribution is -0.112. The number of amides is 1. The summed E-state index contributed by atoms with van der Waals surface area (Å²) >= 11 is 0. The van der Waals surface area contributed by atoms with Crippen LogP contribution in [0.5, 0.6) is 0 Å². The standard InChI is InChI=1S/C28H33FN4O2/c1-19(2)18-32-12-14-33(15-13-32)25-11-10-22(17-24(25)29)30-28(35)27(34)26-23(16-20(3)31(26)4)21-8-6-5-7-9-21/h5-11,16-17,19H,12-15,18H2,1-4H3,(H,30,35). The predicted octanol–water partition coefficient (Wildman–Crippen LogP) is 4.74. The van der Waals surface area contributed by atoms with Crippen LogP contribution in [0.2, 0.25) is 0 Å². The van der Waals surface area contributed by atoms with Gasteiger partial charge >= 0.3 is 0 Å². The maximum absolute atomic E-state index is 15.0. The highest BCUT2D eigenvalue weighted by Crippen LogP contribution is 2.28. The van der Waals surface area contributed by atoms with Crippen LogP contribution < -0.4 is 10.2 Å². The van der Waals surface area contributed by atoms with Crippen LogP contribution in [0.1, 0.15) is 30.0 Å². The summed E-state index contributed by atoms with van der Waals surface area (Å²) in [4.78, 5) is 30.4. The third kappa shape index (κ3) is 5.46. The van der Waals surface area contributed by atoms with Crippen molar-refractivity contribution in [2.75, 3.05) is 42.9 Å². The molecule has 2 aromatic carbocycles. The number of piperazine rings is 1. The van der Waals surface area contributed by atoms with Gasteiger partial charge in [0.1, 0.15) is 11.5 Å². The number of aromatic nitrogens is 1. The van der Waals surface area contributed by atoms with Gasteiger partial charge in [0.15, 0.2) is 0 Å². The van der Waals surface area contributed by atoms with Gasteiger partial charge in [-0.1, -0.05) is 44.2 Å². The Balaban J connectivity index is 1.47. The minimum atomic E-state index is -0.794. The largest absolute Gasteiger partial charge is 0.367 e. The zero-order valence-corrected chi connectivity index (χ0v) is 20.8. The number of hydrogen-bond donors (Lipinski definition) is 1. The summed E-state index contributed by atoms with van der Waals surface area (Å²) in [6.07, 6.45) is 0. The molecule has 7 heteroatoms. The zero-order valence-electron chi connectivity index (χ0n) is 20.8. The fourth-order valence-corrected chi connectivity index (χ4v) is 4.67. The first-order valence-electron chi connectivity index (χ1n) is 12.1. The van der Waals surface area contributed by atoms with Crippen molar-refractivity contribution in [1.29, 1.82) is 0 Å². The number of halogens is 1. The van der Waals surface area contributed by atoms with E-state index >= 15 is 0 Å². The van der Waals surface area contributed by atoms with Crippen LogP contribution in [0.4, 0.5) is 15.8 Å². The molecular weight excluding hydrogens is 443 g/mol. The van der Waals surface area contributed by atoms with E-state index in [2.05, 4.69) is 24.1 Å². The van der Waals surface area contributed by atoms with Crippen molar-refractivity contribution >= 4 is 23.1 Å². The number of carbonyl (C=O) groups is 2. The number of benzene rings is 2. The van der Waals surface area contributed by atoms with Crippen molar-refractivity contribution in [2.24, 2.45) is 13.0 Å². The first kappa shape index (κ1) is 24.7. The van der Waals surface area contributed by atoms with Crippen molar-refractivity contribution in [3.05, 3.63) is 71.8 Å². The predicted molar refractivity (Wildman–Crippen MR) is 138 cm³/mol. The SMILES string of the molecule is Cc1cc(-c2ccccc2)c(C(=O)C(=O)Nc2ccc(N3CCN(CC(C)C)CC3)c(F)c2)n1C. The molecule has 6 nitrogen and oxygen atoms in total. The second-order valence-electron chi connectivity index (χ2n) is 9.60. The van der Waals surface area contributed by atoms with E-state index in [9.17, 15) is 14.0 Å². The Hall–Kier alpha value is -3.45. The fourth-order valence-electron chi connectivity index (χ4n) is 4.67. The smallest absolute Gasteiger partial charge is 0.298 e. The van der Waals surface area contributed by atoms with Crippen molar-refractivity contribution < 1.29 is 14.0 Å². The van der Waals surface area contributed by atoms with Gasteiger partial charge in [0.25, 0.3) is 11.7 Å². The molecule has 184 valence electrons. The topological polar surface area (TPSA) is 57.6 Å². The van der Waals surface area contributed by atoms with E-state index in [1.54, 1.807) is 23.7 Å². The van der Waals surface area contributed by atoms with Crippen molar-refractivity contribution in [3.8, 4) is 11.1 Å². The van der Waals surface area contributed by atoms with Gasteiger partial charge in [0.05, 0.1) is 5.69 Å². The maximum atomic E-state index is 15.0. The van der Waals surface area contributed by atoms with Gasteiger partial charge in [0.2, 0.25) is 0 Å². The summed E-state index contributed by atoms with van der Waals surface area (Å²) in [6, 6.07) is 16.0. The number of carbonyl (C=O) groups excluding carboxylic acids is 2. The number of ketones is 1. The molecule has 0 spiro atoms. The molecule has 1 N–H and O–H groups in total. The Morgan fingerprint density at radius 2 is 1.69 bits per heavy atom. The van der Waals surface area contributed by atoms with E-state index in [1.165, 1.54) is 6.07 Å². The normalized spacial score (nSPS) is 14.4. The van der Waals surface area contributed by atoms with Crippen molar-refractivity contribution in [3.63, 3.8) is 0 Å². The highest BCUT2D eigenvalue weighted by Gasteiger charge is 2.26. The molecule has 1 fully saturated rings. The molecule has 2 heterocycles. The quantitative estimate of drug-likeness (QED) is 0.395. The van der Waals surface area contributed by atoms with Crippen molar-refractivity contribution in [1.82, 2.24) is 9.47 Å². The third-order valence-corrected chi connectivity index (χ3v) is 6.52. The van der Waals surface area contributed by atoms with Crippen LogP contribution in [0, 0.1) is 18.7 Å². The second-order valence-corrected chi connectivity index (χ2v) is 9.60. The number of nitrogens with zero attached hydrogens (tertiary/aromatic N) is 3. The zero-order chi connectivity index (χ0) is 25.1. The van der Waals surface area contributed by atoms with Crippen LogP contribution in [0.25, 0.3) is 11.1 Å². The number of Topliss-reactive ketones (excluding diaryl/α,β-unsaturated/α-hetero) is 1. The van der Waals surface area contributed by atoms with Gasteiger partial charge in [0, 0.05) is 56.7 Å². The van der Waals surface area contributed by atoms with E-state index in [0.29, 0.717) is 22.9 Å². The summed E-state index contributed by atoms with van der Waals surface area (Å²) in [7, 11) is 1.76. The summed E-state index contributed by atoms with van der Waals surface area (Å²) in [5.74, 6) is -1.26. The monoisotopic (exact) mass is 476 g/mol. The summed E-state index contributed by atoms with van der Waals surface area (Å²) in [5, 5.41) is 2.59. The lowest BCUT2D eigenvalue weighted by atomic mass is 10.0. The van der Waals surface area contributed by atoms with E-state index in [-0.39, 0.29) is 5.69 Å². The number of hydrogen-bond acceptors (Lipinski definition) is 4. The van der Waals surface area contributed by atoms with E-state index < -0.39 is 17.5 Å². The Bertz CT molecular complexity index is 1210. The molecule has 0 atom stereocenters. The number of anilines is 2. The molecule has 0 radical (unpaired) electrons. The van der Waals surface area contributed by atoms with E-state index in [4.69, 9.17) is 0 Å². The number of rotatable bonds is 7. The fraction of sp³-hybridized carbons (Fsp3) is 0.357. The number of nitrogens with one attached hydrogen (secondary N) is 1. The molecule has 1 amide bonds. The average Bonchev–Trinajstić information content (AvgIpc) is 3.13. The molecule has 0 aliphatic carbocycles. The molecule has 1 aromatic heterocycles. The summed E-state index contributed by atoms with van der Waals surface area (Å²) in [6.45, 7) is 10.6. The molecular formula is C28H33FN4O2. The average molecular weight is 477 g/mol. The third-order valence-electron chi connectivity index (χ3n) is 6.52. The lowest BCUT2D eigenvalue weighted by Gasteiger charge is -2.37.